The number of aromatic nitrogens is 2. The Morgan fingerprint density at radius 2 is 2.12 bits per heavy atom. The third-order valence-corrected chi connectivity index (χ3v) is 2.91. The second kappa shape index (κ2) is 5.31. The summed E-state index contributed by atoms with van der Waals surface area (Å²) in [6, 6.07) is 10.2. The Bertz CT molecular complexity index is 507. The Balaban J connectivity index is 2.07. The Hall–Kier alpha value is -1.37. The van der Waals surface area contributed by atoms with Gasteiger partial charge < -0.3 is 11.1 Å². The zero-order valence-electron chi connectivity index (χ0n) is 9.44. The van der Waals surface area contributed by atoms with E-state index in [1.165, 1.54) is 9.13 Å². The molecule has 88 valence electrons. The van der Waals surface area contributed by atoms with Crippen LogP contribution in [-0.4, -0.2) is 9.97 Å². The molecular formula is C12H13IN4. The van der Waals surface area contributed by atoms with Gasteiger partial charge in [0.15, 0.2) is 0 Å². The molecule has 0 aliphatic heterocycles. The predicted octanol–water partition coefficient (Wildman–Crippen LogP) is 2.58. The standard InChI is InChI=1S/C12H13IN4/c1-8-5-11(17-12(14)16-8)15-7-9-3-2-4-10(13)6-9/h2-6H,7H2,1H3,(H3,14,15,16,17). The van der Waals surface area contributed by atoms with Crippen molar-refractivity contribution in [2.24, 2.45) is 0 Å². The fourth-order valence-electron chi connectivity index (χ4n) is 1.52. The van der Waals surface area contributed by atoms with E-state index < -0.39 is 0 Å². The molecule has 17 heavy (non-hydrogen) atoms. The van der Waals surface area contributed by atoms with Crippen LogP contribution in [-0.2, 0) is 6.54 Å². The van der Waals surface area contributed by atoms with Crippen LogP contribution in [0, 0.1) is 10.5 Å². The number of hydrogen-bond donors (Lipinski definition) is 2. The van der Waals surface area contributed by atoms with E-state index in [4.69, 9.17) is 5.73 Å². The molecule has 4 nitrogen and oxygen atoms in total. The van der Waals surface area contributed by atoms with Gasteiger partial charge in [-0.15, -0.1) is 0 Å². The summed E-state index contributed by atoms with van der Waals surface area (Å²) in [7, 11) is 0. The molecule has 3 N–H and O–H groups in total. The molecule has 2 aromatic rings. The minimum Gasteiger partial charge on any atom is -0.368 e. The molecule has 0 spiro atoms. The molecule has 0 saturated carbocycles. The number of nitrogens with zero attached hydrogens (tertiary/aromatic N) is 2. The van der Waals surface area contributed by atoms with E-state index in [0.717, 1.165) is 18.1 Å². The second-order valence-electron chi connectivity index (χ2n) is 3.74. The van der Waals surface area contributed by atoms with E-state index in [-0.39, 0.29) is 0 Å². The maximum atomic E-state index is 5.59. The van der Waals surface area contributed by atoms with Crippen molar-refractivity contribution in [2.75, 3.05) is 11.1 Å². The van der Waals surface area contributed by atoms with E-state index in [2.05, 4.69) is 56.1 Å². The summed E-state index contributed by atoms with van der Waals surface area (Å²) in [6.45, 7) is 2.63. The minimum absolute atomic E-state index is 0.301. The lowest BCUT2D eigenvalue weighted by Crippen LogP contribution is -2.05. The predicted molar refractivity (Wildman–Crippen MR) is 77.7 cm³/mol. The number of hydrogen-bond acceptors (Lipinski definition) is 4. The van der Waals surface area contributed by atoms with Crippen molar-refractivity contribution in [3.05, 3.63) is 45.2 Å². The van der Waals surface area contributed by atoms with Crippen LogP contribution in [0.5, 0.6) is 0 Å². The molecule has 0 radical (unpaired) electrons. The lowest BCUT2D eigenvalue weighted by molar-refractivity contribution is 1.06. The van der Waals surface area contributed by atoms with Crippen LogP contribution in [0.3, 0.4) is 0 Å². The highest BCUT2D eigenvalue weighted by Crippen LogP contribution is 2.11. The zero-order valence-corrected chi connectivity index (χ0v) is 11.6. The maximum absolute atomic E-state index is 5.59. The normalized spacial score (nSPS) is 10.2. The molecular weight excluding hydrogens is 327 g/mol. The first-order chi connectivity index (χ1) is 8.13. The summed E-state index contributed by atoms with van der Waals surface area (Å²) in [5.74, 6) is 1.06. The maximum Gasteiger partial charge on any atom is 0.222 e. The van der Waals surface area contributed by atoms with Gasteiger partial charge in [-0.1, -0.05) is 12.1 Å². The summed E-state index contributed by atoms with van der Waals surface area (Å²) < 4.78 is 1.22. The van der Waals surface area contributed by atoms with E-state index in [9.17, 15) is 0 Å². The Morgan fingerprint density at radius 1 is 1.29 bits per heavy atom. The first-order valence-corrected chi connectivity index (χ1v) is 6.31. The van der Waals surface area contributed by atoms with Crippen molar-refractivity contribution in [2.45, 2.75) is 13.5 Å². The largest absolute Gasteiger partial charge is 0.368 e. The van der Waals surface area contributed by atoms with Crippen LogP contribution in [0.2, 0.25) is 0 Å². The quantitative estimate of drug-likeness (QED) is 0.843. The van der Waals surface area contributed by atoms with Crippen molar-refractivity contribution in [1.29, 1.82) is 0 Å². The first-order valence-electron chi connectivity index (χ1n) is 5.23. The van der Waals surface area contributed by atoms with Gasteiger partial charge in [0, 0.05) is 21.9 Å². The van der Waals surface area contributed by atoms with Gasteiger partial charge in [0.05, 0.1) is 0 Å². The molecule has 0 amide bonds. The molecule has 0 unspecified atom stereocenters. The van der Waals surface area contributed by atoms with Gasteiger partial charge in [0.2, 0.25) is 5.95 Å². The van der Waals surface area contributed by atoms with E-state index in [0.29, 0.717) is 5.95 Å². The third kappa shape index (κ3) is 3.55. The summed E-state index contributed by atoms with van der Waals surface area (Å²) in [6.07, 6.45) is 0. The number of rotatable bonds is 3. The van der Waals surface area contributed by atoms with Crippen LogP contribution in [0.15, 0.2) is 30.3 Å². The number of benzene rings is 1. The van der Waals surface area contributed by atoms with Gasteiger partial charge in [-0.2, -0.15) is 4.98 Å². The number of halogens is 1. The van der Waals surface area contributed by atoms with Gasteiger partial charge >= 0.3 is 0 Å². The molecule has 0 saturated heterocycles. The SMILES string of the molecule is Cc1cc(NCc2cccc(I)c2)nc(N)n1. The smallest absolute Gasteiger partial charge is 0.222 e. The molecule has 5 heteroatoms. The molecule has 0 bridgehead atoms. The van der Waals surface area contributed by atoms with Gasteiger partial charge in [0.1, 0.15) is 5.82 Å². The molecule has 2 rings (SSSR count). The van der Waals surface area contributed by atoms with Crippen LogP contribution in [0.25, 0.3) is 0 Å². The van der Waals surface area contributed by atoms with Gasteiger partial charge in [-0.25, -0.2) is 4.98 Å². The van der Waals surface area contributed by atoms with Crippen LogP contribution in [0.4, 0.5) is 11.8 Å². The fourth-order valence-corrected chi connectivity index (χ4v) is 2.13. The van der Waals surface area contributed by atoms with Crippen molar-refractivity contribution in [1.82, 2.24) is 9.97 Å². The highest BCUT2D eigenvalue weighted by atomic mass is 127. The van der Waals surface area contributed by atoms with E-state index in [1.807, 2.05) is 19.1 Å². The van der Waals surface area contributed by atoms with Crippen LogP contribution in [0.1, 0.15) is 11.3 Å². The number of nitrogen functional groups attached to an aromatic ring is 1. The average molecular weight is 340 g/mol. The lowest BCUT2D eigenvalue weighted by Gasteiger charge is -2.07. The first kappa shape index (κ1) is 12.1. The molecule has 1 aromatic carbocycles. The average Bonchev–Trinajstić information content (AvgIpc) is 2.25. The van der Waals surface area contributed by atoms with Gasteiger partial charge in [0.25, 0.3) is 0 Å². The number of anilines is 2. The molecule has 0 atom stereocenters. The van der Waals surface area contributed by atoms with Crippen molar-refractivity contribution < 1.29 is 0 Å². The van der Waals surface area contributed by atoms with Gasteiger partial charge in [-0.05, 0) is 47.2 Å². The second-order valence-corrected chi connectivity index (χ2v) is 4.98. The van der Waals surface area contributed by atoms with Crippen molar-refractivity contribution in [3.63, 3.8) is 0 Å². The van der Waals surface area contributed by atoms with Crippen LogP contribution >= 0.6 is 22.6 Å². The summed E-state index contributed by atoms with van der Waals surface area (Å²) >= 11 is 2.30. The van der Waals surface area contributed by atoms with E-state index in [1.54, 1.807) is 0 Å². The lowest BCUT2D eigenvalue weighted by atomic mass is 10.2. The minimum atomic E-state index is 0.301. The molecule has 1 aromatic heterocycles. The Labute approximate surface area is 114 Å². The Kier molecular flexibility index (Phi) is 3.78. The van der Waals surface area contributed by atoms with Crippen molar-refractivity contribution >= 4 is 34.4 Å². The Morgan fingerprint density at radius 3 is 2.82 bits per heavy atom. The monoisotopic (exact) mass is 340 g/mol. The fraction of sp³-hybridized carbons (Fsp3) is 0.167. The topological polar surface area (TPSA) is 63.8 Å². The molecule has 0 aliphatic rings. The number of nitrogens with one attached hydrogen (secondary N) is 1. The number of aryl methyl sites for hydroxylation is 1. The number of nitrogens with two attached hydrogens (primary N) is 1. The summed E-state index contributed by atoms with van der Waals surface area (Å²) in [5, 5.41) is 3.24. The van der Waals surface area contributed by atoms with Gasteiger partial charge in [-0.3, -0.25) is 0 Å². The molecule has 0 aliphatic carbocycles. The highest BCUT2D eigenvalue weighted by Gasteiger charge is 1.99. The summed E-state index contributed by atoms with van der Waals surface area (Å²) in [5.41, 5.74) is 7.67. The molecule has 1 heterocycles. The zero-order chi connectivity index (χ0) is 12.3. The van der Waals surface area contributed by atoms with Crippen molar-refractivity contribution in [3.8, 4) is 0 Å². The van der Waals surface area contributed by atoms with Crippen LogP contribution < -0.4 is 11.1 Å². The molecule has 0 fully saturated rings. The highest BCUT2D eigenvalue weighted by molar-refractivity contribution is 14.1. The van der Waals surface area contributed by atoms with E-state index >= 15 is 0 Å². The third-order valence-electron chi connectivity index (χ3n) is 2.23. The summed E-state index contributed by atoms with van der Waals surface area (Å²) in [4.78, 5) is 8.15.